The van der Waals surface area contributed by atoms with Crippen LogP contribution in [0.1, 0.15) is 16.9 Å². The molecule has 0 unspecified atom stereocenters. The van der Waals surface area contributed by atoms with E-state index in [0.29, 0.717) is 49.2 Å². The van der Waals surface area contributed by atoms with Crippen LogP contribution in [0.2, 0.25) is 0 Å². The lowest BCUT2D eigenvalue weighted by Crippen LogP contribution is -2.51. The van der Waals surface area contributed by atoms with Gasteiger partial charge in [0.1, 0.15) is 25.4 Å². The summed E-state index contributed by atoms with van der Waals surface area (Å²) in [5.41, 5.74) is 1.06. The fraction of sp³-hybridized carbons (Fsp3) is 0.304. The van der Waals surface area contributed by atoms with E-state index < -0.39 is 12.2 Å². The van der Waals surface area contributed by atoms with Crippen molar-refractivity contribution in [2.45, 2.75) is 18.6 Å². The number of fused-ring (bicyclic) bond motifs is 1. The fourth-order valence-corrected chi connectivity index (χ4v) is 3.81. The maximum Gasteiger partial charge on any atom is 0.276 e. The summed E-state index contributed by atoms with van der Waals surface area (Å²) in [5, 5.41) is 14.6. The molecule has 1 fully saturated rings. The van der Waals surface area contributed by atoms with E-state index in [1.807, 2.05) is 42.5 Å². The van der Waals surface area contributed by atoms with Crippen LogP contribution in [0.4, 0.5) is 0 Å². The van der Waals surface area contributed by atoms with Crippen LogP contribution >= 0.6 is 0 Å². The van der Waals surface area contributed by atoms with Gasteiger partial charge in [0.25, 0.3) is 5.91 Å². The monoisotopic (exact) mass is 422 g/mol. The molecule has 8 heteroatoms. The van der Waals surface area contributed by atoms with Crippen LogP contribution in [-0.4, -0.2) is 59.6 Å². The molecule has 0 radical (unpaired) electrons. The molecule has 3 heterocycles. The number of hydrogen-bond donors (Lipinski definition) is 1. The van der Waals surface area contributed by atoms with Gasteiger partial charge in [-0.25, -0.2) is 0 Å². The van der Waals surface area contributed by atoms with E-state index in [2.05, 4.69) is 5.16 Å². The molecule has 5 rings (SSSR count). The van der Waals surface area contributed by atoms with Gasteiger partial charge in [-0.15, -0.1) is 0 Å². The number of carbonyl (C=O) groups is 1. The first kappa shape index (κ1) is 19.4. The number of rotatable bonds is 4. The quantitative estimate of drug-likeness (QED) is 0.691. The standard InChI is InChI=1S/C23H22N2O6/c26-17-14-25(23(27)16-13-21(31-24-16)15-5-2-1-3-6-15)10-9-18(17)30-20-8-4-7-19-22(20)29-12-11-28-19/h1-8,13,17-18,26H,9-12,14H2/t17-,18-/m1/s1. The number of carbonyl (C=O) groups excluding carboxylic acids is 1. The summed E-state index contributed by atoms with van der Waals surface area (Å²) in [6.07, 6.45) is -0.835. The molecule has 1 aromatic heterocycles. The summed E-state index contributed by atoms with van der Waals surface area (Å²) < 4.78 is 22.6. The molecule has 0 spiro atoms. The molecule has 1 N–H and O–H groups in total. The molecule has 160 valence electrons. The van der Waals surface area contributed by atoms with Crippen molar-refractivity contribution >= 4 is 5.91 Å². The van der Waals surface area contributed by atoms with Gasteiger partial charge in [0, 0.05) is 24.6 Å². The molecule has 2 aromatic carbocycles. The molecule has 0 saturated carbocycles. The lowest BCUT2D eigenvalue weighted by molar-refractivity contribution is -0.0217. The van der Waals surface area contributed by atoms with Crippen molar-refractivity contribution in [1.82, 2.24) is 10.1 Å². The van der Waals surface area contributed by atoms with Gasteiger partial charge < -0.3 is 28.7 Å². The molecule has 2 aliphatic rings. The molecule has 0 bridgehead atoms. The number of piperidine rings is 1. The minimum atomic E-state index is -0.849. The predicted molar refractivity (Wildman–Crippen MR) is 110 cm³/mol. The van der Waals surface area contributed by atoms with Crippen molar-refractivity contribution in [2.75, 3.05) is 26.3 Å². The smallest absolute Gasteiger partial charge is 0.276 e. The van der Waals surface area contributed by atoms with Crippen molar-refractivity contribution in [1.29, 1.82) is 0 Å². The van der Waals surface area contributed by atoms with E-state index in [-0.39, 0.29) is 18.1 Å². The third-order valence-electron chi connectivity index (χ3n) is 5.40. The van der Waals surface area contributed by atoms with Gasteiger partial charge in [0.15, 0.2) is 23.0 Å². The van der Waals surface area contributed by atoms with Crippen LogP contribution in [0.25, 0.3) is 11.3 Å². The number of nitrogens with zero attached hydrogens (tertiary/aromatic N) is 2. The second kappa shape index (κ2) is 8.31. The van der Waals surface area contributed by atoms with Gasteiger partial charge in [-0.1, -0.05) is 41.6 Å². The SMILES string of the molecule is O=C(c1cc(-c2ccccc2)on1)N1CC[C@@H](Oc2cccc3c2OCCO3)[C@H](O)C1. The second-order valence-corrected chi connectivity index (χ2v) is 7.49. The number of ether oxygens (including phenoxy) is 3. The summed E-state index contributed by atoms with van der Waals surface area (Å²) >= 11 is 0. The van der Waals surface area contributed by atoms with Gasteiger partial charge in [0.05, 0.1) is 6.54 Å². The number of aliphatic hydroxyl groups is 1. The van der Waals surface area contributed by atoms with Crippen molar-refractivity contribution in [2.24, 2.45) is 0 Å². The summed E-state index contributed by atoms with van der Waals surface area (Å²) in [6.45, 7) is 1.52. The number of para-hydroxylation sites is 1. The third-order valence-corrected chi connectivity index (χ3v) is 5.40. The van der Waals surface area contributed by atoms with Crippen molar-refractivity contribution < 1.29 is 28.6 Å². The average molecular weight is 422 g/mol. The van der Waals surface area contributed by atoms with E-state index >= 15 is 0 Å². The Kier molecular flexibility index (Phi) is 5.21. The highest BCUT2D eigenvalue weighted by molar-refractivity contribution is 5.93. The van der Waals surface area contributed by atoms with Crippen LogP contribution in [0, 0.1) is 0 Å². The summed E-state index contributed by atoms with van der Waals surface area (Å²) in [6, 6.07) is 16.5. The predicted octanol–water partition coefficient (Wildman–Crippen LogP) is 2.77. The number of aromatic nitrogens is 1. The molecule has 3 aromatic rings. The molecular formula is C23H22N2O6. The Morgan fingerprint density at radius 1 is 1.10 bits per heavy atom. The summed E-state index contributed by atoms with van der Waals surface area (Å²) in [5.74, 6) is 1.96. The Labute approximate surface area is 178 Å². The van der Waals surface area contributed by atoms with Crippen molar-refractivity contribution in [3.8, 4) is 28.6 Å². The average Bonchev–Trinajstić information content (AvgIpc) is 3.31. The van der Waals surface area contributed by atoms with Gasteiger partial charge in [-0.2, -0.15) is 0 Å². The topological polar surface area (TPSA) is 94.3 Å². The van der Waals surface area contributed by atoms with Crippen LogP contribution < -0.4 is 14.2 Å². The minimum absolute atomic E-state index is 0.142. The first-order chi connectivity index (χ1) is 15.2. The van der Waals surface area contributed by atoms with Crippen molar-refractivity contribution in [3.63, 3.8) is 0 Å². The van der Waals surface area contributed by atoms with Crippen LogP contribution in [0.3, 0.4) is 0 Å². The first-order valence-corrected chi connectivity index (χ1v) is 10.2. The number of hydrogen-bond acceptors (Lipinski definition) is 7. The zero-order chi connectivity index (χ0) is 21.2. The van der Waals surface area contributed by atoms with Crippen LogP contribution in [0.5, 0.6) is 17.2 Å². The third kappa shape index (κ3) is 3.94. The highest BCUT2D eigenvalue weighted by Crippen LogP contribution is 2.40. The summed E-state index contributed by atoms with van der Waals surface area (Å²) in [4.78, 5) is 14.4. The second-order valence-electron chi connectivity index (χ2n) is 7.49. The molecule has 0 aliphatic carbocycles. The Morgan fingerprint density at radius 3 is 2.77 bits per heavy atom. The maximum absolute atomic E-state index is 12.9. The molecule has 2 aliphatic heterocycles. The highest BCUT2D eigenvalue weighted by Gasteiger charge is 2.34. The Hall–Kier alpha value is -3.52. The number of aliphatic hydroxyl groups excluding tert-OH is 1. The fourth-order valence-electron chi connectivity index (χ4n) is 3.81. The molecule has 2 atom stereocenters. The van der Waals surface area contributed by atoms with Crippen LogP contribution in [0.15, 0.2) is 59.1 Å². The minimum Gasteiger partial charge on any atom is -0.486 e. The Morgan fingerprint density at radius 2 is 1.94 bits per heavy atom. The van der Waals surface area contributed by atoms with E-state index in [0.717, 1.165) is 5.56 Å². The first-order valence-electron chi connectivity index (χ1n) is 10.2. The zero-order valence-corrected chi connectivity index (χ0v) is 16.8. The van der Waals surface area contributed by atoms with E-state index in [9.17, 15) is 9.90 Å². The highest BCUT2D eigenvalue weighted by atomic mass is 16.6. The molecular weight excluding hydrogens is 400 g/mol. The molecule has 1 saturated heterocycles. The normalized spacial score (nSPS) is 20.4. The molecule has 1 amide bonds. The van der Waals surface area contributed by atoms with E-state index in [4.69, 9.17) is 18.7 Å². The largest absolute Gasteiger partial charge is 0.486 e. The van der Waals surface area contributed by atoms with Gasteiger partial charge in [-0.05, 0) is 12.1 Å². The Bertz CT molecular complexity index is 1070. The van der Waals surface area contributed by atoms with Crippen LogP contribution in [-0.2, 0) is 0 Å². The lowest BCUT2D eigenvalue weighted by Gasteiger charge is -2.36. The van der Waals surface area contributed by atoms with Gasteiger partial charge in [-0.3, -0.25) is 4.79 Å². The molecule has 8 nitrogen and oxygen atoms in total. The van der Waals surface area contributed by atoms with Gasteiger partial charge in [0.2, 0.25) is 5.75 Å². The maximum atomic E-state index is 12.9. The molecule has 31 heavy (non-hydrogen) atoms. The van der Waals surface area contributed by atoms with E-state index in [1.54, 1.807) is 17.0 Å². The van der Waals surface area contributed by atoms with Gasteiger partial charge >= 0.3 is 0 Å². The number of amides is 1. The lowest BCUT2D eigenvalue weighted by atomic mass is 10.0. The number of β-amino-alcohol motifs (C(OH)–C–C–N with tert-alkyl or cyclic N) is 1. The number of likely N-dealkylation sites (tertiary alicyclic amines) is 1. The zero-order valence-electron chi connectivity index (χ0n) is 16.8. The Balaban J connectivity index is 1.24. The van der Waals surface area contributed by atoms with E-state index in [1.165, 1.54) is 0 Å². The number of benzene rings is 2. The summed E-state index contributed by atoms with van der Waals surface area (Å²) in [7, 11) is 0. The van der Waals surface area contributed by atoms with Crippen molar-refractivity contribution in [3.05, 3.63) is 60.3 Å².